The van der Waals surface area contributed by atoms with Gasteiger partial charge in [0.05, 0.1) is 22.9 Å². The van der Waals surface area contributed by atoms with Gasteiger partial charge in [-0.05, 0) is 36.9 Å². The van der Waals surface area contributed by atoms with Crippen LogP contribution in [0.25, 0.3) is 0 Å². The lowest BCUT2D eigenvalue weighted by atomic mass is 10.0. The second-order valence-electron chi connectivity index (χ2n) is 5.68. The Morgan fingerprint density at radius 2 is 2.16 bits per heavy atom. The molecule has 19 heavy (non-hydrogen) atoms. The molecule has 1 rings (SSSR count). The van der Waals surface area contributed by atoms with Crippen molar-refractivity contribution in [3.05, 3.63) is 16.4 Å². The van der Waals surface area contributed by atoms with Crippen LogP contribution in [0.3, 0.4) is 0 Å². The summed E-state index contributed by atoms with van der Waals surface area (Å²) in [5, 5.41) is 18.3. The monoisotopic (exact) mass is 332 g/mol. The van der Waals surface area contributed by atoms with Crippen LogP contribution < -0.4 is 5.32 Å². The van der Waals surface area contributed by atoms with E-state index >= 15 is 0 Å². The lowest BCUT2D eigenvalue weighted by Crippen LogP contribution is -2.40. The number of hydrogen-bond donors (Lipinski definition) is 2. The van der Waals surface area contributed by atoms with Crippen molar-refractivity contribution >= 4 is 15.9 Å². The van der Waals surface area contributed by atoms with E-state index in [0.29, 0.717) is 12.6 Å². The number of aliphatic hydroxyl groups is 1. The summed E-state index contributed by atoms with van der Waals surface area (Å²) < 4.78 is 2.72. The van der Waals surface area contributed by atoms with Gasteiger partial charge in [0.25, 0.3) is 0 Å². The molecule has 1 aromatic heterocycles. The van der Waals surface area contributed by atoms with E-state index in [9.17, 15) is 5.11 Å². The highest BCUT2D eigenvalue weighted by atomic mass is 79.9. The summed E-state index contributed by atoms with van der Waals surface area (Å²) in [5.74, 6) is 0. The van der Waals surface area contributed by atoms with E-state index in [1.54, 1.807) is 6.20 Å². The first-order valence-electron chi connectivity index (χ1n) is 6.56. The quantitative estimate of drug-likeness (QED) is 0.792. The molecule has 0 aromatic carbocycles. The van der Waals surface area contributed by atoms with Crippen LogP contribution in [0.15, 0.2) is 10.7 Å². The maximum atomic E-state index is 10.7. The molecule has 110 valence electrons. The van der Waals surface area contributed by atoms with E-state index in [0.717, 1.165) is 23.3 Å². The fraction of sp³-hybridized carbons (Fsp3) is 0.769. The molecule has 0 amide bonds. The van der Waals surface area contributed by atoms with E-state index in [1.165, 1.54) is 0 Å². The van der Waals surface area contributed by atoms with Gasteiger partial charge in [0, 0.05) is 19.1 Å². The Kier molecular flexibility index (Phi) is 5.98. The minimum absolute atomic E-state index is 0.336. The van der Waals surface area contributed by atoms with E-state index in [4.69, 9.17) is 0 Å². The predicted octanol–water partition coefficient (Wildman–Crippen LogP) is 1.41. The number of aromatic nitrogens is 2. The van der Waals surface area contributed by atoms with Crippen LogP contribution >= 0.6 is 15.9 Å². The van der Waals surface area contributed by atoms with Crippen LogP contribution in [0.5, 0.6) is 0 Å². The van der Waals surface area contributed by atoms with Gasteiger partial charge < -0.3 is 15.3 Å². The largest absolute Gasteiger partial charge is 0.382 e. The molecular weight excluding hydrogens is 308 g/mol. The van der Waals surface area contributed by atoms with E-state index in [-0.39, 0.29) is 0 Å². The molecule has 0 saturated heterocycles. The summed E-state index contributed by atoms with van der Waals surface area (Å²) in [6, 6.07) is 0.336. The van der Waals surface area contributed by atoms with Crippen molar-refractivity contribution in [2.75, 3.05) is 27.2 Å². The first kappa shape index (κ1) is 16.6. The average Bonchev–Trinajstić information content (AvgIpc) is 2.66. The SMILES string of the molecule is CC(C)NCC(C)(O)c1c(Br)cnn1CCN(C)C. The van der Waals surface area contributed by atoms with Crippen molar-refractivity contribution < 1.29 is 5.11 Å². The molecule has 0 radical (unpaired) electrons. The zero-order valence-corrected chi connectivity index (χ0v) is 14.0. The normalized spacial score (nSPS) is 15.2. The van der Waals surface area contributed by atoms with E-state index < -0.39 is 5.60 Å². The Morgan fingerprint density at radius 1 is 1.53 bits per heavy atom. The summed E-state index contributed by atoms with van der Waals surface area (Å²) >= 11 is 3.48. The number of nitrogens with one attached hydrogen (secondary N) is 1. The van der Waals surface area contributed by atoms with Crippen molar-refractivity contribution in [1.29, 1.82) is 0 Å². The number of nitrogens with zero attached hydrogens (tertiary/aromatic N) is 3. The minimum atomic E-state index is -0.952. The number of hydrogen-bond acceptors (Lipinski definition) is 4. The van der Waals surface area contributed by atoms with Crippen molar-refractivity contribution in [3.8, 4) is 0 Å². The van der Waals surface area contributed by atoms with Gasteiger partial charge in [0.2, 0.25) is 0 Å². The summed E-state index contributed by atoms with van der Waals surface area (Å²) in [7, 11) is 4.05. The van der Waals surface area contributed by atoms with E-state index in [2.05, 4.69) is 45.1 Å². The van der Waals surface area contributed by atoms with Gasteiger partial charge >= 0.3 is 0 Å². The maximum absolute atomic E-state index is 10.7. The van der Waals surface area contributed by atoms with E-state index in [1.807, 2.05) is 25.7 Å². The zero-order chi connectivity index (χ0) is 14.6. The van der Waals surface area contributed by atoms with Crippen LogP contribution in [-0.2, 0) is 12.1 Å². The Bertz CT molecular complexity index is 401. The average molecular weight is 333 g/mol. The summed E-state index contributed by atoms with van der Waals surface area (Å²) in [6.45, 7) is 8.08. The molecule has 1 aromatic rings. The molecule has 0 fully saturated rings. The summed E-state index contributed by atoms with van der Waals surface area (Å²) in [4.78, 5) is 2.10. The second-order valence-corrected chi connectivity index (χ2v) is 6.53. The molecule has 0 bridgehead atoms. The van der Waals surface area contributed by atoms with Gasteiger partial charge in [-0.15, -0.1) is 0 Å². The highest BCUT2D eigenvalue weighted by Crippen LogP contribution is 2.27. The lowest BCUT2D eigenvalue weighted by molar-refractivity contribution is 0.0443. The van der Waals surface area contributed by atoms with Gasteiger partial charge in [-0.3, -0.25) is 4.68 Å². The van der Waals surface area contributed by atoms with Crippen molar-refractivity contribution in [1.82, 2.24) is 20.0 Å². The minimum Gasteiger partial charge on any atom is -0.382 e. The first-order chi connectivity index (χ1) is 8.74. The van der Waals surface area contributed by atoms with Gasteiger partial charge in [-0.1, -0.05) is 13.8 Å². The highest BCUT2D eigenvalue weighted by molar-refractivity contribution is 9.10. The fourth-order valence-corrected chi connectivity index (χ4v) is 2.57. The van der Waals surface area contributed by atoms with Crippen LogP contribution in [0, 0.1) is 0 Å². The zero-order valence-electron chi connectivity index (χ0n) is 12.4. The van der Waals surface area contributed by atoms with Crippen LogP contribution in [0.1, 0.15) is 26.5 Å². The van der Waals surface area contributed by atoms with Crippen molar-refractivity contribution in [2.45, 2.75) is 39.0 Å². The number of halogens is 1. The molecule has 0 saturated carbocycles. The third-order valence-corrected chi connectivity index (χ3v) is 3.50. The standard InChI is InChI=1S/C13H25BrN4O/c1-10(2)15-9-13(3,19)12-11(14)8-16-18(12)7-6-17(4)5/h8,10,15,19H,6-7,9H2,1-5H3. The van der Waals surface area contributed by atoms with Crippen molar-refractivity contribution in [3.63, 3.8) is 0 Å². The molecule has 1 atom stereocenters. The summed E-state index contributed by atoms with van der Waals surface area (Å²) in [5.41, 5.74) is -0.131. The van der Waals surface area contributed by atoms with Crippen LogP contribution in [0.2, 0.25) is 0 Å². The third-order valence-electron chi connectivity index (χ3n) is 2.92. The van der Waals surface area contributed by atoms with Crippen LogP contribution in [-0.4, -0.2) is 53.0 Å². The van der Waals surface area contributed by atoms with Gasteiger partial charge in [0.15, 0.2) is 0 Å². The molecule has 2 N–H and O–H groups in total. The Balaban J connectivity index is 2.87. The van der Waals surface area contributed by atoms with Crippen molar-refractivity contribution in [2.24, 2.45) is 0 Å². The number of likely N-dealkylation sites (N-methyl/N-ethyl adjacent to an activating group) is 1. The molecule has 5 nitrogen and oxygen atoms in total. The smallest absolute Gasteiger partial charge is 0.117 e. The van der Waals surface area contributed by atoms with Crippen LogP contribution in [0.4, 0.5) is 0 Å². The first-order valence-corrected chi connectivity index (χ1v) is 7.35. The molecular formula is C13H25BrN4O. The Hall–Kier alpha value is -0.430. The van der Waals surface area contributed by atoms with Gasteiger partial charge in [-0.25, -0.2) is 0 Å². The second kappa shape index (κ2) is 6.83. The summed E-state index contributed by atoms with van der Waals surface area (Å²) in [6.07, 6.45) is 1.74. The molecule has 0 spiro atoms. The molecule has 0 aliphatic carbocycles. The molecule has 1 heterocycles. The fourth-order valence-electron chi connectivity index (χ4n) is 1.85. The number of rotatable bonds is 7. The Labute approximate surface area is 124 Å². The topological polar surface area (TPSA) is 53.3 Å². The predicted molar refractivity (Wildman–Crippen MR) is 81.2 cm³/mol. The highest BCUT2D eigenvalue weighted by Gasteiger charge is 2.30. The third kappa shape index (κ3) is 4.87. The lowest BCUT2D eigenvalue weighted by Gasteiger charge is -2.27. The maximum Gasteiger partial charge on any atom is 0.117 e. The Morgan fingerprint density at radius 3 is 2.68 bits per heavy atom. The van der Waals surface area contributed by atoms with Gasteiger partial charge in [0.1, 0.15) is 5.60 Å². The molecule has 1 unspecified atom stereocenters. The molecule has 0 aliphatic rings. The molecule has 6 heteroatoms. The van der Waals surface area contributed by atoms with Gasteiger partial charge in [-0.2, -0.15) is 5.10 Å². The molecule has 0 aliphatic heterocycles.